The van der Waals surface area contributed by atoms with Crippen molar-refractivity contribution < 1.29 is 9.21 Å². The van der Waals surface area contributed by atoms with E-state index < -0.39 is 0 Å². The Kier molecular flexibility index (Phi) is 3.88. The standard InChI is InChI=1S/C12H13N3O2S/c1-8-9(13)3-2-4-10(8)15-11(16)7-18-12-14-5-6-17-12/h2-6H,7,13H2,1H3,(H,15,16). The summed E-state index contributed by atoms with van der Waals surface area (Å²) in [6.07, 6.45) is 3.02. The van der Waals surface area contributed by atoms with Gasteiger partial charge in [0.2, 0.25) is 5.91 Å². The Balaban J connectivity index is 1.93. The van der Waals surface area contributed by atoms with Crippen molar-refractivity contribution in [1.82, 2.24) is 4.98 Å². The molecule has 0 saturated carbocycles. The maximum atomic E-state index is 11.7. The van der Waals surface area contributed by atoms with Crippen LogP contribution < -0.4 is 11.1 Å². The molecule has 0 unspecified atom stereocenters. The Labute approximate surface area is 109 Å². The Morgan fingerprint density at radius 3 is 3.11 bits per heavy atom. The molecule has 0 saturated heterocycles. The maximum Gasteiger partial charge on any atom is 0.256 e. The molecule has 3 N–H and O–H groups in total. The van der Waals surface area contributed by atoms with Crippen molar-refractivity contribution in [3.05, 3.63) is 36.2 Å². The molecule has 1 aromatic heterocycles. The van der Waals surface area contributed by atoms with E-state index in [-0.39, 0.29) is 11.7 Å². The fourth-order valence-electron chi connectivity index (χ4n) is 1.38. The van der Waals surface area contributed by atoms with E-state index >= 15 is 0 Å². The minimum absolute atomic E-state index is 0.119. The third kappa shape index (κ3) is 3.04. The van der Waals surface area contributed by atoms with Gasteiger partial charge in [-0.1, -0.05) is 17.8 Å². The molecular formula is C12H13N3O2S. The summed E-state index contributed by atoms with van der Waals surface area (Å²) in [7, 11) is 0. The van der Waals surface area contributed by atoms with E-state index in [0.717, 1.165) is 11.3 Å². The van der Waals surface area contributed by atoms with Gasteiger partial charge in [0.25, 0.3) is 5.22 Å². The van der Waals surface area contributed by atoms with Gasteiger partial charge >= 0.3 is 0 Å². The summed E-state index contributed by atoms with van der Waals surface area (Å²) in [6.45, 7) is 1.87. The second-order valence-corrected chi connectivity index (χ2v) is 4.58. The zero-order valence-corrected chi connectivity index (χ0v) is 10.7. The number of carbonyl (C=O) groups is 1. The summed E-state index contributed by atoms with van der Waals surface area (Å²) in [5.41, 5.74) is 8.02. The van der Waals surface area contributed by atoms with Crippen molar-refractivity contribution in [1.29, 1.82) is 0 Å². The highest BCUT2D eigenvalue weighted by Crippen LogP contribution is 2.21. The summed E-state index contributed by atoms with van der Waals surface area (Å²) in [4.78, 5) is 15.7. The van der Waals surface area contributed by atoms with Crippen LogP contribution in [0.2, 0.25) is 0 Å². The Morgan fingerprint density at radius 1 is 1.56 bits per heavy atom. The second-order valence-electron chi connectivity index (χ2n) is 3.65. The second kappa shape index (κ2) is 5.59. The van der Waals surface area contributed by atoms with Crippen LogP contribution in [0.1, 0.15) is 5.56 Å². The number of thioether (sulfide) groups is 1. The zero-order chi connectivity index (χ0) is 13.0. The molecule has 1 amide bonds. The largest absolute Gasteiger partial charge is 0.440 e. The first-order valence-electron chi connectivity index (χ1n) is 5.34. The predicted molar refractivity (Wildman–Crippen MR) is 71.4 cm³/mol. The molecule has 1 heterocycles. The molecule has 0 aliphatic rings. The van der Waals surface area contributed by atoms with Gasteiger partial charge in [0.15, 0.2) is 0 Å². The van der Waals surface area contributed by atoms with Crippen molar-refractivity contribution >= 4 is 29.0 Å². The molecule has 0 spiro atoms. The Morgan fingerprint density at radius 2 is 2.39 bits per heavy atom. The van der Waals surface area contributed by atoms with Crippen LogP contribution in [0.5, 0.6) is 0 Å². The third-order valence-electron chi connectivity index (χ3n) is 2.39. The summed E-state index contributed by atoms with van der Waals surface area (Å²) < 4.78 is 5.03. The number of nitrogens with zero attached hydrogens (tertiary/aromatic N) is 1. The normalized spacial score (nSPS) is 10.3. The highest BCUT2D eigenvalue weighted by Gasteiger charge is 2.08. The predicted octanol–water partition coefficient (Wildman–Crippen LogP) is 2.30. The highest BCUT2D eigenvalue weighted by molar-refractivity contribution is 7.99. The van der Waals surface area contributed by atoms with Crippen LogP contribution in [0.25, 0.3) is 0 Å². The number of hydrogen-bond acceptors (Lipinski definition) is 5. The smallest absolute Gasteiger partial charge is 0.256 e. The highest BCUT2D eigenvalue weighted by atomic mass is 32.2. The molecule has 0 aliphatic carbocycles. The number of nitrogens with two attached hydrogens (primary N) is 1. The van der Waals surface area contributed by atoms with Crippen LogP contribution in [0, 0.1) is 6.92 Å². The number of hydrogen-bond donors (Lipinski definition) is 2. The van der Waals surface area contributed by atoms with Crippen LogP contribution >= 0.6 is 11.8 Å². The molecule has 5 nitrogen and oxygen atoms in total. The molecule has 0 bridgehead atoms. The molecule has 18 heavy (non-hydrogen) atoms. The molecule has 1 aromatic carbocycles. The molecule has 2 rings (SSSR count). The number of amides is 1. The molecule has 6 heteroatoms. The molecular weight excluding hydrogens is 250 g/mol. The lowest BCUT2D eigenvalue weighted by Crippen LogP contribution is -2.15. The summed E-state index contributed by atoms with van der Waals surface area (Å²) in [5, 5.41) is 3.29. The summed E-state index contributed by atoms with van der Waals surface area (Å²) in [5.74, 6) is 0.126. The first kappa shape index (κ1) is 12.5. The van der Waals surface area contributed by atoms with Crippen LogP contribution in [-0.2, 0) is 4.79 Å². The number of anilines is 2. The molecule has 2 aromatic rings. The van der Waals surface area contributed by atoms with E-state index in [0.29, 0.717) is 10.9 Å². The summed E-state index contributed by atoms with van der Waals surface area (Å²) in [6, 6.07) is 5.42. The quantitative estimate of drug-likeness (QED) is 0.653. The minimum Gasteiger partial charge on any atom is -0.440 e. The number of nitrogen functional groups attached to an aromatic ring is 1. The van der Waals surface area contributed by atoms with Gasteiger partial charge in [-0.3, -0.25) is 4.79 Å². The zero-order valence-electron chi connectivity index (χ0n) is 9.84. The van der Waals surface area contributed by atoms with Gasteiger partial charge in [0.05, 0.1) is 11.9 Å². The number of oxazole rings is 1. The topological polar surface area (TPSA) is 81.1 Å². The van der Waals surface area contributed by atoms with Crippen LogP contribution in [0.4, 0.5) is 11.4 Å². The lowest BCUT2D eigenvalue weighted by molar-refractivity contribution is -0.113. The van der Waals surface area contributed by atoms with Gasteiger partial charge in [-0.15, -0.1) is 0 Å². The van der Waals surface area contributed by atoms with Gasteiger partial charge in [0.1, 0.15) is 6.26 Å². The monoisotopic (exact) mass is 263 g/mol. The average molecular weight is 263 g/mol. The number of benzene rings is 1. The molecule has 94 valence electrons. The van der Waals surface area contributed by atoms with Crippen molar-refractivity contribution in [2.45, 2.75) is 12.1 Å². The van der Waals surface area contributed by atoms with Crippen LogP contribution in [0.15, 0.2) is 40.3 Å². The third-order valence-corrected chi connectivity index (χ3v) is 3.24. The van der Waals surface area contributed by atoms with E-state index in [9.17, 15) is 4.79 Å². The first-order valence-corrected chi connectivity index (χ1v) is 6.32. The van der Waals surface area contributed by atoms with Crippen LogP contribution in [-0.4, -0.2) is 16.6 Å². The fourth-order valence-corrected chi connectivity index (χ4v) is 1.97. The average Bonchev–Trinajstić information content (AvgIpc) is 2.86. The van der Waals surface area contributed by atoms with E-state index in [1.807, 2.05) is 13.0 Å². The van der Waals surface area contributed by atoms with Gasteiger partial charge < -0.3 is 15.5 Å². The molecule has 0 aliphatic heterocycles. The SMILES string of the molecule is Cc1c(N)cccc1NC(=O)CSc1ncco1. The van der Waals surface area contributed by atoms with E-state index in [2.05, 4.69) is 10.3 Å². The summed E-state index contributed by atoms with van der Waals surface area (Å²) >= 11 is 1.24. The maximum absolute atomic E-state index is 11.7. The lowest BCUT2D eigenvalue weighted by Gasteiger charge is -2.09. The van der Waals surface area contributed by atoms with E-state index in [1.165, 1.54) is 18.0 Å². The number of rotatable bonds is 4. The van der Waals surface area contributed by atoms with Crippen molar-refractivity contribution in [3.63, 3.8) is 0 Å². The minimum atomic E-state index is -0.119. The van der Waals surface area contributed by atoms with Crippen molar-refractivity contribution in [2.75, 3.05) is 16.8 Å². The number of aromatic nitrogens is 1. The van der Waals surface area contributed by atoms with Crippen molar-refractivity contribution in [2.24, 2.45) is 0 Å². The van der Waals surface area contributed by atoms with Gasteiger partial charge in [-0.2, -0.15) is 0 Å². The first-order chi connectivity index (χ1) is 8.66. The van der Waals surface area contributed by atoms with E-state index in [4.69, 9.17) is 10.2 Å². The van der Waals surface area contributed by atoms with Crippen LogP contribution in [0.3, 0.4) is 0 Å². The Hall–Kier alpha value is -1.95. The number of nitrogens with one attached hydrogen (secondary N) is 1. The molecule has 0 fully saturated rings. The fraction of sp³-hybridized carbons (Fsp3) is 0.167. The van der Waals surface area contributed by atoms with Gasteiger partial charge in [0, 0.05) is 11.4 Å². The van der Waals surface area contributed by atoms with Gasteiger partial charge in [-0.05, 0) is 24.6 Å². The van der Waals surface area contributed by atoms with Gasteiger partial charge in [-0.25, -0.2) is 4.98 Å². The lowest BCUT2D eigenvalue weighted by atomic mass is 10.1. The molecule has 0 radical (unpaired) electrons. The van der Waals surface area contributed by atoms with Crippen molar-refractivity contribution in [3.8, 4) is 0 Å². The molecule has 0 atom stereocenters. The van der Waals surface area contributed by atoms with E-state index in [1.54, 1.807) is 18.3 Å². The Bertz CT molecular complexity index is 540. The number of carbonyl (C=O) groups excluding carboxylic acids is 1.